The van der Waals surface area contributed by atoms with Gasteiger partial charge in [0.1, 0.15) is 11.4 Å². The normalized spacial score (nSPS) is 19.5. The Kier molecular flexibility index (Phi) is 4.83. The molecular formula is C16H23FN2O2. The van der Waals surface area contributed by atoms with Gasteiger partial charge in [-0.1, -0.05) is 12.1 Å². The van der Waals surface area contributed by atoms with E-state index in [1.807, 2.05) is 20.8 Å². The molecule has 1 fully saturated rings. The Morgan fingerprint density at radius 3 is 2.67 bits per heavy atom. The van der Waals surface area contributed by atoms with E-state index in [0.29, 0.717) is 0 Å². The van der Waals surface area contributed by atoms with Gasteiger partial charge in [-0.05, 0) is 44.9 Å². The minimum absolute atomic E-state index is 0.111. The lowest BCUT2D eigenvalue weighted by molar-refractivity contribution is 0.0506. The van der Waals surface area contributed by atoms with E-state index in [4.69, 9.17) is 4.74 Å². The maximum Gasteiger partial charge on any atom is 0.407 e. The summed E-state index contributed by atoms with van der Waals surface area (Å²) in [6.45, 7) is 8.02. The molecule has 1 atom stereocenters. The number of halogens is 1. The van der Waals surface area contributed by atoms with Crippen LogP contribution >= 0.6 is 0 Å². The number of ether oxygens (including phenoxy) is 1. The highest BCUT2D eigenvalue weighted by molar-refractivity contribution is 5.68. The lowest BCUT2D eigenvalue weighted by atomic mass is 10.2. The molecule has 1 aliphatic heterocycles. The first kappa shape index (κ1) is 15.8. The van der Waals surface area contributed by atoms with Crippen molar-refractivity contribution in [2.24, 2.45) is 0 Å². The lowest BCUT2D eigenvalue weighted by Gasteiger charge is -2.22. The van der Waals surface area contributed by atoms with Crippen LogP contribution in [0.1, 0.15) is 32.8 Å². The van der Waals surface area contributed by atoms with Gasteiger partial charge in [0, 0.05) is 25.7 Å². The summed E-state index contributed by atoms with van der Waals surface area (Å²) in [4.78, 5) is 14.0. The molecule has 1 heterocycles. The first-order chi connectivity index (χ1) is 9.82. The summed E-state index contributed by atoms with van der Waals surface area (Å²) in [6.07, 6.45) is 0.539. The number of alkyl carbamates (subject to hydrolysis) is 1. The highest BCUT2D eigenvalue weighted by atomic mass is 19.1. The second-order valence-corrected chi connectivity index (χ2v) is 6.49. The number of benzene rings is 1. The Morgan fingerprint density at radius 2 is 2.05 bits per heavy atom. The molecule has 0 aliphatic carbocycles. The van der Waals surface area contributed by atoms with E-state index in [1.165, 1.54) is 12.1 Å². The summed E-state index contributed by atoms with van der Waals surface area (Å²) in [5.74, 6) is -0.218. The van der Waals surface area contributed by atoms with Crippen molar-refractivity contribution in [3.63, 3.8) is 0 Å². The summed E-state index contributed by atoms with van der Waals surface area (Å²) >= 11 is 0. The molecule has 1 unspecified atom stereocenters. The van der Waals surface area contributed by atoms with Crippen molar-refractivity contribution in [2.75, 3.05) is 13.1 Å². The zero-order valence-corrected chi connectivity index (χ0v) is 12.9. The molecule has 1 N–H and O–H groups in total. The van der Waals surface area contributed by atoms with Gasteiger partial charge < -0.3 is 10.1 Å². The quantitative estimate of drug-likeness (QED) is 0.932. The Balaban J connectivity index is 1.78. The maximum absolute atomic E-state index is 12.9. The predicted octanol–water partition coefficient (Wildman–Crippen LogP) is 2.92. The average molecular weight is 294 g/mol. The van der Waals surface area contributed by atoms with Gasteiger partial charge in [0.25, 0.3) is 0 Å². The third-order valence-corrected chi connectivity index (χ3v) is 3.31. The molecule has 1 saturated heterocycles. The molecule has 1 aromatic rings. The number of hydrogen-bond acceptors (Lipinski definition) is 3. The van der Waals surface area contributed by atoms with Gasteiger partial charge >= 0.3 is 6.09 Å². The van der Waals surface area contributed by atoms with Crippen LogP contribution in [0.4, 0.5) is 9.18 Å². The molecule has 0 radical (unpaired) electrons. The van der Waals surface area contributed by atoms with Crippen LogP contribution in [0, 0.1) is 5.82 Å². The second-order valence-electron chi connectivity index (χ2n) is 6.49. The third kappa shape index (κ3) is 5.34. The fourth-order valence-corrected chi connectivity index (χ4v) is 2.42. The summed E-state index contributed by atoms with van der Waals surface area (Å²) in [6, 6.07) is 6.65. The Hall–Kier alpha value is -1.62. The van der Waals surface area contributed by atoms with E-state index in [2.05, 4.69) is 10.2 Å². The number of rotatable bonds is 3. The lowest BCUT2D eigenvalue weighted by Crippen LogP contribution is -2.40. The topological polar surface area (TPSA) is 41.6 Å². The van der Waals surface area contributed by atoms with E-state index >= 15 is 0 Å². The molecule has 5 heteroatoms. The van der Waals surface area contributed by atoms with Crippen LogP contribution in [0.3, 0.4) is 0 Å². The molecular weight excluding hydrogens is 271 g/mol. The molecule has 1 aliphatic rings. The van der Waals surface area contributed by atoms with E-state index < -0.39 is 5.60 Å². The molecule has 2 rings (SSSR count). The van der Waals surface area contributed by atoms with Gasteiger partial charge in [-0.3, -0.25) is 4.90 Å². The van der Waals surface area contributed by atoms with E-state index in [-0.39, 0.29) is 18.0 Å². The predicted molar refractivity (Wildman–Crippen MR) is 79.5 cm³/mol. The van der Waals surface area contributed by atoms with Gasteiger partial charge in [-0.15, -0.1) is 0 Å². The first-order valence-electron chi connectivity index (χ1n) is 7.28. The molecule has 116 valence electrons. The van der Waals surface area contributed by atoms with Crippen molar-refractivity contribution in [1.29, 1.82) is 0 Å². The fourth-order valence-electron chi connectivity index (χ4n) is 2.42. The van der Waals surface area contributed by atoms with Crippen LogP contribution in [0.5, 0.6) is 0 Å². The molecule has 0 bridgehead atoms. The second kappa shape index (κ2) is 6.43. The highest BCUT2D eigenvalue weighted by Crippen LogP contribution is 2.15. The molecule has 21 heavy (non-hydrogen) atoms. The molecule has 0 aromatic heterocycles. The van der Waals surface area contributed by atoms with Crippen molar-refractivity contribution in [2.45, 2.75) is 45.4 Å². The fraction of sp³-hybridized carbons (Fsp3) is 0.562. The Labute approximate surface area is 125 Å². The Bertz CT molecular complexity index is 482. The van der Waals surface area contributed by atoms with Crippen molar-refractivity contribution in [1.82, 2.24) is 10.2 Å². The maximum atomic E-state index is 12.9. The van der Waals surface area contributed by atoms with E-state index in [1.54, 1.807) is 12.1 Å². The van der Waals surface area contributed by atoms with Gasteiger partial charge in [-0.2, -0.15) is 0 Å². The number of amides is 1. The van der Waals surface area contributed by atoms with E-state index in [0.717, 1.165) is 31.6 Å². The summed E-state index contributed by atoms with van der Waals surface area (Å²) < 4.78 is 18.1. The minimum atomic E-state index is -0.476. The molecule has 0 saturated carbocycles. The SMILES string of the molecule is CC(C)(C)OC(=O)NC1CCN(Cc2ccc(F)cc2)C1. The van der Waals surface area contributed by atoms with Gasteiger partial charge in [0.2, 0.25) is 0 Å². The summed E-state index contributed by atoms with van der Waals surface area (Å²) in [5.41, 5.74) is 0.602. The summed E-state index contributed by atoms with van der Waals surface area (Å²) in [7, 11) is 0. The van der Waals surface area contributed by atoms with Crippen molar-refractivity contribution < 1.29 is 13.9 Å². The standard InChI is InChI=1S/C16H23FN2O2/c1-16(2,3)21-15(20)18-14-8-9-19(11-14)10-12-4-6-13(17)7-5-12/h4-7,14H,8-11H2,1-3H3,(H,18,20). The monoisotopic (exact) mass is 294 g/mol. The number of carbonyl (C=O) groups excluding carboxylic acids is 1. The Morgan fingerprint density at radius 1 is 1.38 bits per heavy atom. The minimum Gasteiger partial charge on any atom is -0.444 e. The number of carbonyl (C=O) groups is 1. The van der Waals surface area contributed by atoms with Crippen molar-refractivity contribution in [3.05, 3.63) is 35.6 Å². The highest BCUT2D eigenvalue weighted by Gasteiger charge is 2.25. The third-order valence-electron chi connectivity index (χ3n) is 3.31. The van der Waals surface area contributed by atoms with Crippen LogP contribution in [0.15, 0.2) is 24.3 Å². The van der Waals surface area contributed by atoms with Crippen molar-refractivity contribution >= 4 is 6.09 Å². The van der Waals surface area contributed by atoms with Gasteiger partial charge in [0.15, 0.2) is 0 Å². The number of likely N-dealkylation sites (tertiary alicyclic amines) is 1. The van der Waals surface area contributed by atoms with Gasteiger partial charge in [0.05, 0.1) is 0 Å². The first-order valence-corrected chi connectivity index (χ1v) is 7.28. The van der Waals surface area contributed by atoms with Crippen LogP contribution in [0.25, 0.3) is 0 Å². The molecule has 0 spiro atoms. The van der Waals surface area contributed by atoms with Crippen LogP contribution in [-0.4, -0.2) is 35.7 Å². The van der Waals surface area contributed by atoms with Crippen LogP contribution in [0.2, 0.25) is 0 Å². The number of nitrogens with one attached hydrogen (secondary N) is 1. The van der Waals surface area contributed by atoms with Crippen LogP contribution < -0.4 is 5.32 Å². The average Bonchev–Trinajstić information content (AvgIpc) is 2.77. The number of nitrogens with zero attached hydrogens (tertiary/aromatic N) is 1. The molecule has 4 nitrogen and oxygen atoms in total. The largest absolute Gasteiger partial charge is 0.444 e. The zero-order valence-electron chi connectivity index (χ0n) is 12.9. The molecule has 1 amide bonds. The van der Waals surface area contributed by atoms with Crippen LogP contribution in [-0.2, 0) is 11.3 Å². The van der Waals surface area contributed by atoms with Crippen molar-refractivity contribution in [3.8, 4) is 0 Å². The molecule has 1 aromatic carbocycles. The summed E-state index contributed by atoms with van der Waals surface area (Å²) in [5, 5.41) is 2.90. The van der Waals surface area contributed by atoms with Gasteiger partial charge in [-0.25, -0.2) is 9.18 Å². The van der Waals surface area contributed by atoms with E-state index in [9.17, 15) is 9.18 Å². The number of hydrogen-bond donors (Lipinski definition) is 1. The zero-order chi connectivity index (χ0) is 15.5. The smallest absolute Gasteiger partial charge is 0.407 e.